The average molecular weight is 573 g/mol. The maximum Gasteiger partial charge on any atom is 0.190 e. The second-order valence-corrected chi connectivity index (χ2v) is 7.94. The number of para-hydroxylation sites is 1. The Balaban J connectivity index is 0.00000300. The first-order valence-electron chi connectivity index (χ1n) is 9.76. The molecule has 1 aliphatic heterocycles. The molecule has 1 fully saturated rings. The molecule has 2 aromatic rings. The maximum absolute atomic E-state index is 5.42. The smallest absolute Gasteiger partial charge is 0.190 e. The fraction of sp³-hybridized carbons (Fsp3) is 0.409. The summed E-state index contributed by atoms with van der Waals surface area (Å²) in [5, 5.41) is 6.89. The first kappa shape index (κ1) is 23.8. The van der Waals surface area contributed by atoms with Crippen LogP contribution in [-0.2, 0) is 6.42 Å². The van der Waals surface area contributed by atoms with E-state index in [1.165, 1.54) is 17.7 Å². The standard InChI is InChI=1S/C22H29BrN4O.HI/c1-24-22(25-12-10-18-6-3-4-9-21(18)28-2)26-15-17-11-13-27(16-17)20-8-5-7-19(23)14-20;/h3-9,14,17H,10-13,15-16H2,1-2H3,(H2,24,25,26);1H. The monoisotopic (exact) mass is 572 g/mol. The van der Waals surface area contributed by atoms with E-state index < -0.39 is 0 Å². The summed E-state index contributed by atoms with van der Waals surface area (Å²) in [7, 11) is 3.53. The zero-order chi connectivity index (χ0) is 19.8. The van der Waals surface area contributed by atoms with Gasteiger partial charge < -0.3 is 20.3 Å². The first-order chi connectivity index (χ1) is 13.7. The van der Waals surface area contributed by atoms with Crippen LogP contribution >= 0.6 is 39.9 Å². The lowest BCUT2D eigenvalue weighted by molar-refractivity contribution is 0.409. The minimum Gasteiger partial charge on any atom is -0.496 e. The fourth-order valence-corrected chi connectivity index (χ4v) is 3.98. The van der Waals surface area contributed by atoms with Gasteiger partial charge in [-0.25, -0.2) is 0 Å². The normalized spacial score (nSPS) is 16.3. The van der Waals surface area contributed by atoms with E-state index in [-0.39, 0.29) is 24.0 Å². The minimum absolute atomic E-state index is 0. The molecule has 5 nitrogen and oxygen atoms in total. The average Bonchev–Trinajstić information content (AvgIpc) is 3.20. The summed E-state index contributed by atoms with van der Waals surface area (Å²) in [6.07, 6.45) is 2.09. The number of methoxy groups -OCH3 is 1. The Morgan fingerprint density at radius 2 is 2.03 bits per heavy atom. The summed E-state index contributed by atoms with van der Waals surface area (Å²) < 4.78 is 6.55. The van der Waals surface area contributed by atoms with Crippen molar-refractivity contribution in [2.24, 2.45) is 10.9 Å². The number of hydrogen-bond acceptors (Lipinski definition) is 3. The van der Waals surface area contributed by atoms with Crippen molar-refractivity contribution >= 4 is 51.6 Å². The number of rotatable bonds is 7. The van der Waals surface area contributed by atoms with Crippen LogP contribution in [0.3, 0.4) is 0 Å². The highest BCUT2D eigenvalue weighted by atomic mass is 127. The van der Waals surface area contributed by atoms with Crippen LogP contribution in [0.5, 0.6) is 5.75 Å². The topological polar surface area (TPSA) is 48.9 Å². The van der Waals surface area contributed by atoms with Gasteiger partial charge in [0, 0.05) is 43.4 Å². The van der Waals surface area contributed by atoms with Crippen LogP contribution in [0.15, 0.2) is 58.0 Å². The van der Waals surface area contributed by atoms with Gasteiger partial charge in [-0.05, 0) is 48.6 Å². The molecule has 0 aromatic heterocycles. The highest BCUT2D eigenvalue weighted by Crippen LogP contribution is 2.25. The lowest BCUT2D eigenvalue weighted by Gasteiger charge is -2.20. The Labute approximate surface area is 199 Å². The number of guanidine groups is 1. The maximum atomic E-state index is 5.42. The third-order valence-corrected chi connectivity index (χ3v) is 5.61. The van der Waals surface area contributed by atoms with Gasteiger partial charge in [-0.15, -0.1) is 24.0 Å². The van der Waals surface area contributed by atoms with Gasteiger partial charge >= 0.3 is 0 Å². The van der Waals surface area contributed by atoms with Crippen LogP contribution in [0, 0.1) is 5.92 Å². The molecular weight excluding hydrogens is 543 g/mol. The van der Waals surface area contributed by atoms with E-state index in [0.29, 0.717) is 5.92 Å². The number of nitrogens with zero attached hydrogens (tertiary/aromatic N) is 2. The summed E-state index contributed by atoms with van der Waals surface area (Å²) >= 11 is 3.56. The molecule has 1 aliphatic rings. The van der Waals surface area contributed by atoms with Gasteiger partial charge in [0.15, 0.2) is 5.96 Å². The first-order valence-corrected chi connectivity index (χ1v) is 10.6. The van der Waals surface area contributed by atoms with E-state index in [9.17, 15) is 0 Å². The van der Waals surface area contributed by atoms with E-state index in [0.717, 1.165) is 48.8 Å². The van der Waals surface area contributed by atoms with Crippen molar-refractivity contribution in [3.8, 4) is 5.75 Å². The van der Waals surface area contributed by atoms with Crippen molar-refractivity contribution in [2.45, 2.75) is 12.8 Å². The summed E-state index contributed by atoms with van der Waals surface area (Å²) in [4.78, 5) is 6.81. The number of benzene rings is 2. The molecule has 2 aromatic carbocycles. The van der Waals surface area contributed by atoms with Crippen molar-refractivity contribution in [1.82, 2.24) is 10.6 Å². The number of halogens is 2. The number of hydrogen-bond donors (Lipinski definition) is 2. The molecule has 3 rings (SSSR count). The highest BCUT2D eigenvalue weighted by molar-refractivity contribution is 14.0. The summed E-state index contributed by atoms with van der Waals surface area (Å²) in [5.74, 6) is 2.41. The van der Waals surface area contributed by atoms with Gasteiger partial charge in [0.1, 0.15) is 5.75 Å². The van der Waals surface area contributed by atoms with Crippen molar-refractivity contribution in [3.05, 3.63) is 58.6 Å². The molecule has 0 radical (unpaired) electrons. The van der Waals surface area contributed by atoms with E-state index >= 15 is 0 Å². The molecule has 7 heteroatoms. The molecule has 1 unspecified atom stereocenters. The third kappa shape index (κ3) is 7.06. The second kappa shape index (κ2) is 12.3. The molecule has 1 saturated heterocycles. The van der Waals surface area contributed by atoms with Crippen LogP contribution < -0.4 is 20.3 Å². The Morgan fingerprint density at radius 1 is 1.21 bits per heavy atom. The molecule has 0 amide bonds. The molecule has 0 bridgehead atoms. The largest absolute Gasteiger partial charge is 0.496 e. The van der Waals surface area contributed by atoms with Gasteiger partial charge in [0.2, 0.25) is 0 Å². The molecular formula is C22H30BrIN4O. The molecule has 158 valence electrons. The van der Waals surface area contributed by atoms with Crippen LogP contribution in [0.4, 0.5) is 5.69 Å². The van der Waals surface area contributed by atoms with E-state index in [1.807, 2.05) is 25.2 Å². The van der Waals surface area contributed by atoms with Crippen LogP contribution in [-0.4, -0.2) is 46.3 Å². The number of aliphatic imine (C=N–C) groups is 1. The summed E-state index contributed by atoms with van der Waals surface area (Å²) in [5.41, 5.74) is 2.49. The van der Waals surface area contributed by atoms with Gasteiger partial charge in [-0.2, -0.15) is 0 Å². The zero-order valence-corrected chi connectivity index (χ0v) is 20.9. The lowest BCUT2D eigenvalue weighted by atomic mass is 10.1. The molecule has 0 aliphatic carbocycles. The molecule has 0 spiro atoms. The highest BCUT2D eigenvalue weighted by Gasteiger charge is 2.22. The Kier molecular flexibility index (Phi) is 10.1. The fourth-order valence-electron chi connectivity index (χ4n) is 3.59. The number of nitrogens with one attached hydrogen (secondary N) is 2. The van der Waals surface area contributed by atoms with E-state index in [1.54, 1.807) is 7.11 Å². The van der Waals surface area contributed by atoms with Gasteiger partial charge in [0.25, 0.3) is 0 Å². The van der Waals surface area contributed by atoms with Gasteiger partial charge in [0.05, 0.1) is 7.11 Å². The summed E-state index contributed by atoms with van der Waals surface area (Å²) in [6.45, 7) is 3.91. The van der Waals surface area contributed by atoms with Gasteiger partial charge in [-0.3, -0.25) is 4.99 Å². The molecule has 2 N–H and O–H groups in total. The molecule has 1 atom stereocenters. The zero-order valence-electron chi connectivity index (χ0n) is 17.0. The lowest BCUT2D eigenvalue weighted by Crippen LogP contribution is -2.41. The molecule has 1 heterocycles. The molecule has 0 saturated carbocycles. The van der Waals surface area contributed by atoms with Crippen molar-refractivity contribution < 1.29 is 4.74 Å². The Morgan fingerprint density at radius 3 is 2.79 bits per heavy atom. The van der Waals surface area contributed by atoms with E-state index in [2.05, 4.69) is 66.8 Å². The third-order valence-electron chi connectivity index (χ3n) is 5.12. The van der Waals surface area contributed by atoms with Crippen molar-refractivity contribution in [1.29, 1.82) is 0 Å². The Hall–Kier alpha value is -1.48. The van der Waals surface area contributed by atoms with Crippen LogP contribution in [0.2, 0.25) is 0 Å². The predicted octanol–water partition coefficient (Wildman–Crippen LogP) is 4.31. The quantitative estimate of drug-likeness (QED) is 0.295. The number of anilines is 1. The Bertz CT molecular complexity index is 802. The van der Waals surface area contributed by atoms with Crippen LogP contribution in [0.25, 0.3) is 0 Å². The van der Waals surface area contributed by atoms with Crippen molar-refractivity contribution in [2.75, 3.05) is 45.2 Å². The van der Waals surface area contributed by atoms with Gasteiger partial charge in [-0.1, -0.05) is 40.2 Å². The van der Waals surface area contributed by atoms with Crippen molar-refractivity contribution in [3.63, 3.8) is 0 Å². The van der Waals surface area contributed by atoms with Crippen LogP contribution in [0.1, 0.15) is 12.0 Å². The van der Waals surface area contributed by atoms with E-state index in [4.69, 9.17) is 4.74 Å². The second-order valence-electron chi connectivity index (χ2n) is 7.02. The predicted molar refractivity (Wildman–Crippen MR) is 136 cm³/mol. The summed E-state index contributed by atoms with van der Waals surface area (Å²) in [6, 6.07) is 16.7. The number of ether oxygens (including phenoxy) is 1. The molecule has 29 heavy (non-hydrogen) atoms. The minimum atomic E-state index is 0. The SMILES string of the molecule is CN=C(NCCc1ccccc1OC)NCC1CCN(c2cccc(Br)c2)C1.I.